The van der Waals surface area contributed by atoms with Gasteiger partial charge in [-0.05, 0) is 51.3 Å². The summed E-state index contributed by atoms with van der Waals surface area (Å²) in [7, 11) is 0. The van der Waals surface area contributed by atoms with Gasteiger partial charge in [-0.15, -0.1) is 11.3 Å². The molecule has 0 fully saturated rings. The minimum atomic E-state index is -0.0172. The van der Waals surface area contributed by atoms with E-state index in [0.717, 1.165) is 32.1 Å². The molecule has 0 unspecified atom stereocenters. The van der Waals surface area contributed by atoms with Gasteiger partial charge in [-0.1, -0.05) is 29.5 Å². The van der Waals surface area contributed by atoms with E-state index in [9.17, 15) is 4.79 Å². The molecule has 0 saturated heterocycles. The highest BCUT2D eigenvalue weighted by molar-refractivity contribution is 8.00. The summed E-state index contributed by atoms with van der Waals surface area (Å²) in [5, 5.41) is 4.99. The molecule has 2 heterocycles. The second-order valence-corrected chi connectivity index (χ2v) is 8.42. The molecule has 0 saturated carbocycles. The average molecular weight is 372 g/mol. The molecule has 3 aromatic rings. The van der Waals surface area contributed by atoms with E-state index in [2.05, 4.69) is 48.2 Å². The van der Waals surface area contributed by atoms with Crippen LogP contribution in [0.15, 0.2) is 23.5 Å². The van der Waals surface area contributed by atoms with Gasteiger partial charge >= 0.3 is 0 Å². The van der Waals surface area contributed by atoms with Crippen molar-refractivity contribution in [2.24, 2.45) is 0 Å². The molecule has 0 aliphatic heterocycles. The number of benzene rings is 1. The highest BCUT2D eigenvalue weighted by atomic mass is 32.2. The van der Waals surface area contributed by atoms with Crippen molar-refractivity contribution in [3.8, 4) is 0 Å². The molecular weight excluding hydrogens is 350 g/mol. The maximum absolute atomic E-state index is 12.4. The Labute approximate surface area is 156 Å². The Balaban J connectivity index is 1.76. The third kappa shape index (κ3) is 3.70. The van der Waals surface area contributed by atoms with E-state index >= 15 is 0 Å². The van der Waals surface area contributed by atoms with Crippen LogP contribution in [-0.4, -0.2) is 21.6 Å². The number of carbonyl (C=O) groups excluding carboxylic acids is 1. The normalized spacial score (nSPS) is 11.1. The molecule has 0 aliphatic carbocycles. The number of fused-ring (bicyclic) bond motifs is 1. The van der Waals surface area contributed by atoms with Crippen molar-refractivity contribution in [2.75, 3.05) is 11.1 Å². The monoisotopic (exact) mass is 371 g/mol. The van der Waals surface area contributed by atoms with Crippen LogP contribution in [0.4, 0.5) is 5.69 Å². The highest BCUT2D eigenvalue weighted by Gasteiger charge is 2.14. The molecule has 0 aliphatic rings. The maximum Gasteiger partial charge on any atom is 0.234 e. The van der Waals surface area contributed by atoms with Gasteiger partial charge in [0.2, 0.25) is 5.91 Å². The lowest BCUT2D eigenvalue weighted by Gasteiger charge is -2.12. The van der Waals surface area contributed by atoms with E-state index in [1.807, 2.05) is 13.8 Å². The van der Waals surface area contributed by atoms with Crippen molar-refractivity contribution in [3.05, 3.63) is 45.6 Å². The van der Waals surface area contributed by atoms with Crippen LogP contribution in [0.5, 0.6) is 0 Å². The zero-order valence-corrected chi connectivity index (χ0v) is 16.7. The Morgan fingerprint density at radius 3 is 2.48 bits per heavy atom. The summed E-state index contributed by atoms with van der Waals surface area (Å²) in [6.45, 7) is 10.3. The zero-order chi connectivity index (χ0) is 18.1. The lowest BCUT2D eigenvalue weighted by Crippen LogP contribution is -2.16. The van der Waals surface area contributed by atoms with Crippen LogP contribution < -0.4 is 5.32 Å². The van der Waals surface area contributed by atoms with Crippen molar-refractivity contribution in [1.82, 2.24) is 9.97 Å². The number of thioether (sulfide) groups is 1. The number of aryl methyl sites for hydroxylation is 5. The summed E-state index contributed by atoms with van der Waals surface area (Å²) in [6.07, 6.45) is 1.58. The molecule has 1 amide bonds. The molecule has 6 heteroatoms. The maximum atomic E-state index is 12.4. The van der Waals surface area contributed by atoms with Crippen molar-refractivity contribution >= 4 is 44.9 Å². The van der Waals surface area contributed by atoms with Gasteiger partial charge in [0.15, 0.2) is 0 Å². The van der Waals surface area contributed by atoms with Crippen LogP contribution in [0.2, 0.25) is 0 Å². The fraction of sp³-hybridized carbons (Fsp3) is 0.316. The van der Waals surface area contributed by atoms with Crippen LogP contribution in [0, 0.1) is 34.6 Å². The zero-order valence-electron chi connectivity index (χ0n) is 15.1. The molecule has 0 spiro atoms. The summed E-state index contributed by atoms with van der Waals surface area (Å²) in [4.78, 5) is 23.4. The second kappa shape index (κ2) is 7.14. The first-order valence-electron chi connectivity index (χ1n) is 8.08. The molecule has 4 nitrogen and oxygen atoms in total. The fourth-order valence-electron chi connectivity index (χ4n) is 2.95. The Morgan fingerprint density at radius 1 is 1.12 bits per heavy atom. The SMILES string of the molecule is Cc1cc(C)c(NC(=O)CSc2ncnc3sc(C)c(C)c23)c(C)c1. The largest absolute Gasteiger partial charge is 0.325 e. The molecule has 3 rings (SSSR count). The van der Waals surface area contributed by atoms with E-state index in [4.69, 9.17) is 0 Å². The predicted octanol–water partition coefficient (Wildman–Crippen LogP) is 4.96. The Morgan fingerprint density at radius 2 is 1.80 bits per heavy atom. The van der Waals surface area contributed by atoms with E-state index in [-0.39, 0.29) is 5.91 Å². The molecule has 1 N–H and O–H groups in total. The average Bonchev–Trinajstić information content (AvgIpc) is 2.84. The summed E-state index contributed by atoms with van der Waals surface area (Å²) in [5.74, 6) is 0.309. The van der Waals surface area contributed by atoms with Gasteiger partial charge in [0.25, 0.3) is 0 Å². The van der Waals surface area contributed by atoms with Gasteiger partial charge < -0.3 is 5.32 Å². The van der Waals surface area contributed by atoms with Gasteiger partial charge in [0.1, 0.15) is 16.2 Å². The van der Waals surface area contributed by atoms with Crippen LogP contribution in [0.25, 0.3) is 10.2 Å². The molecule has 25 heavy (non-hydrogen) atoms. The van der Waals surface area contributed by atoms with E-state index < -0.39 is 0 Å². The molecule has 130 valence electrons. The van der Waals surface area contributed by atoms with Crippen molar-refractivity contribution in [1.29, 1.82) is 0 Å². The van der Waals surface area contributed by atoms with E-state index in [0.29, 0.717) is 5.75 Å². The smallest absolute Gasteiger partial charge is 0.234 e. The summed E-state index contributed by atoms with van der Waals surface area (Å²) in [6, 6.07) is 4.17. The number of rotatable bonds is 4. The first-order valence-corrected chi connectivity index (χ1v) is 9.88. The predicted molar refractivity (Wildman–Crippen MR) is 107 cm³/mol. The van der Waals surface area contributed by atoms with Crippen LogP contribution in [0.3, 0.4) is 0 Å². The van der Waals surface area contributed by atoms with Crippen LogP contribution >= 0.6 is 23.1 Å². The van der Waals surface area contributed by atoms with E-state index in [1.165, 1.54) is 27.8 Å². The first kappa shape index (κ1) is 17.9. The summed E-state index contributed by atoms with van der Waals surface area (Å²) in [5.41, 5.74) is 5.49. The minimum Gasteiger partial charge on any atom is -0.325 e. The number of nitrogens with zero attached hydrogens (tertiary/aromatic N) is 2. The number of anilines is 1. The number of amides is 1. The number of hydrogen-bond donors (Lipinski definition) is 1. The standard InChI is InChI=1S/C19H21N3OS2/c1-10-6-11(2)17(12(3)7-10)22-15(23)8-24-18-16-13(4)14(5)25-19(16)21-9-20-18/h6-7,9H,8H2,1-5H3,(H,22,23). The Kier molecular flexibility index (Phi) is 5.11. The van der Waals surface area contributed by atoms with E-state index in [1.54, 1.807) is 17.7 Å². The Bertz CT molecular complexity index is 940. The van der Waals surface area contributed by atoms with Crippen LogP contribution in [-0.2, 0) is 4.79 Å². The number of thiophene rings is 1. The molecule has 2 aromatic heterocycles. The van der Waals surface area contributed by atoms with Crippen molar-refractivity contribution in [2.45, 2.75) is 39.6 Å². The van der Waals surface area contributed by atoms with Gasteiger partial charge in [0.05, 0.1) is 5.75 Å². The number of aromatic nitrogens is 2. The third-order valence-electron chi connectivity index (χ3n) is 4.21. The van der Waals surface area contributed by atoms with Crippen molar-refractivity contribution in [3.63, 3.8) is 0 Å². The second-order valence-electron chi connectivity index (χ2n) is 6.25. The first-order chi connectivity index (χ1) is 11.9. The summed E-state index contributed by atoms with van der Waals surface area (Å²) < 4.78 is 0. The minimum absolute atomic E-state index is 0.0172. The Hall–Kier alpha value is -1.92. The van der Waals surface area contributed by atoms with Gasteiger partial charge in [-0.3, -0.25) is 4.79 Å². The topological polar surface area (TPSA) is 54.9 Å². The van der Waals surface area contributed by atoms with Crippen molar-refractivity contribution < 1.29 is 4.79 Å². The van der Waals surface area contributed by atoms with Gasteiger partial charge in [-0.25, -0.2) is 9.97 Å². The highest BCUT2D eigenvalue weighted by Crippen LogP contribution is 2.34. The lowest BCUT2D eigenvalue weighted by molar-refractivity contribution is -0.113. The summed E-state index contributed by atoms with van der Waals surface area (Å²) >= 11 is 3.13. The molecule has 0 radical (unpaired) electrons. The quantitative estimate of drug-likeness (QED) is 0.520. The number of nitrogens with one attached hydrogen (secondary N) is 1. The number of hydrogen-bond acceptors (Lipinski definition) is 5. The molecule has 0 bridgehead atoms. The molecule has 1 aromatic carbocycles. The number of carbonyl (C=O) groups is 1. The van der Waals surface area contributed by atoms with Gasteiger partial charge in [0, 0.05) is 16.0 Å². The molecular formula is C19H21N3OS2. The fourth-order valence-corrected chi connectivity index (χ4v) is 4.86. The lowest BCUT2D eigenvalue weighted by atomic mass is 10.1. The van der Waals surface area contributed by atoms with Gasteiger partial charge in [-0.2, -0.15) is 0 Å². The van der Waals surface area contributed by atoms with Crippen LogP contribution in [0.1, 0.15) is 27.1 Å². The molecule has 0 atom stereocenters. The third-order valence-corrected chi connectivity index (χ3v) is 6.32.